The lowest BCUT2D eigenvalue weighted by molar-refractivity contribution is -0.384. The molecule has 0 aliphatic carbocycles. The molecule has 20 heavy (non-hydrogen) atoms. The van der Waals surface area contributed by atoms with Crippen molar-refractivity contribution in [2.75, 3.05) is 5.73 Å². The van der Waals surface area contributed by atoms with Crippen LogP contribution in [0.4, 0.5) is 11.4 Å². The van der Waals surface area contributed by atoms with E-state index in [2.05, 4.69) is 15.9 Å². The third kappa shape index (κ3) is 3.23. The monoisotopic (exact) mass is 354 g/mol. The minimum atomic E-state index is -1.30. The number of hydrogen-bond acceptors (Lipinski definition) is 4. The predicted octanol–water partition coefficient (Wildman–Crippen LogP) is 3.25. The van der Waals surface area contributed by atoms with Crippen LogP contribution in [0.1, 0.15) is 5.56 Å². The number of anilines is 1. The first-order valence-electron chi connectivity index (χ1n) is 5.64. The summed E-state index contributed by atoms with van der Waals surface area (Å²) in [5.41, 5.74) is 6.98. The summed E-state index contributed by atoms with van der Waals surface area (Å²) in [5, 5.41) is 10.7. The van der Waals surface area contributed by atoms with Gasteiger partial charge in [-0.2, -0.15) is 0 Å². The van der Waals surface area contributed by atoms with Crippen LogP contribution >= 0.6 is 15.9 Å². The van der Waals surface area contributed by atoms with E-state index in [1.807, 2.05) is 0 Å². The Labute approximate surface area is 126 Å². The molecule has 0 heterocycles. The van der Waals surface area contributed by atoms with E-state index in [4.69, 9.17) is 5.73 Å². The Hall–Kier alpha value is -1.73. The lowest BCUT2D eigenvalue weighted by Gasteiger charge is -2.07. The van der Waals surface area contributed by atoms with Crippen LogP contribution < -0.4 is 5.73 Å². The summed E-state index contributed by atoms with van der Waals surface area (Å²) in [4.78, 5) is 10.8. The van der Waals surface area contributed by atoms with Crippen molar-refractivity contribution in [1.29, 1.82) is 0 Å². The summed E-state index contributed by atoms with van der Waals surface area (Å²) in [7, 11) is -1.30. The zero-order valence-corrected chi connectivity index (χ0v) is 12.7. The summed E-state index contributed by atoms with van der Waals surface area (Å²) in [5.74, 6) is 0.243. The molecule has 0 aromatic heterocycles. The first-order valence-corrected chi connectivity index (χ1v) is 7.76. The molecule has 0 saturated heterocycles. The van der Waals surface area contributed by atoms with Gasteiger partial charge < -0.3 is 5.73 Å². The molecule has 0 radical (unpaired) electrons. The zero-order chi connectivity index (χ0) is 14.7. The molecular formula is C13H11BrN2O3S. The van der Waals surface area contributed by atoms with E-state index in [1.54, 1.807) is 30.3 Å². The third-order valence-corrected chi connectivity index (χ3v) is 4.87. The number of nitrogen functional groups attached to an aromatic ring is 1. The molecular weight excluding hydrogens is 344 g/mol. The average Bonchev–Trinajstić information content (AvgIpc) is 2.41. The fourth-order valence-electron chi connectivity index (χ4n) is 1.67. The van der Waals surface area contributed by atoms with Gasteiger partial charge in [0.25, 0.3) is 5.69 Å². The maximum Gasteiger partial charge on any atom is 0.270 e. The van der Waals surface area contributed by atoms with Crippen LogP contribution in [-0.4, -0.2) is 9.13 Å². The Balaban J connectivity index is 2.25. The van der Waals surface area contributed by atoms with Crippen LogP contribution in [0.5, 0.6) is 0 Å². The van der Waals surface area contributed by atoms with Crippen molar-refractivity contribution >= 4 is 38.1 Å². The average molecular weight is 355 g/mol. The van der Waals surface area contributed by atoms with Gasteiger partial charge in [0.15, 0.2) is 0 Å². The number of benzene rings is 2. The molecule has 0 bridgehead atoms. The van der Waals surface area contributed by atoms with Crippen LogP contribution in [0.25, 0.3) is 0 Å². The minimum absolute atomic E-state index is 0.00867. The van der Waals surface area contributed by atoms with Crippen molar-refractivity contribution in [2.45, 2.75) is 10.6 Å². The molecule has 7 heteroatoms. The molecule has 0 aliphatic rings. The first kappa shape index (κ1) is 14.7. The SMILES string of the molecule is Nc1ccccc1S(=O)Cc1ccc([N+](=O)[O-])cc1Br. The van der Waals surface area contributed by atoms with Gasteiger partial charge in [0.1, 0.15) is 0 Å². The maximum absolute atomic E-state index is 12.3. The van der Waals surface area contributed by atoms with Gasteiger partial charge in [0.2, 0.25) is 0 Å². The fourth-order valence-corrected chi connectivity index (χ4v) is 3.62. The van der Waals surface area contributed by atoms with Crippen molar-refractivity contribution < 1.29 is 9.13 Å². The van der Waals surface area contributed by atoms with Crippen LogP contribution in [0, 0.1) is 10.1 Å². The fraction of sp³-hybridized carbons (Fsp3) is 0.0769. The number of para-hydroxylation sites is 1. The summed E-state index contributed by atoms with van der Waals surface area (Å²) >= 11 is 3.26. The van der Waals surface area contributed by atoms with E-state index in [0.717, 1.165) is 5.56 Å². The molecule has 0 spiro atoms. The van der Waals surface area contributed by atoms with Crippen molar-refractivity contribution in [3.63, 3.8) is 0 Å². The summed E-state index contributed by atoms with van der Waals surface area (Å²) in [6.07, 6.45) is 0. The Kier molecular flexibility index (Phi) is 4.51. The topological polar surface area (TPSA) is 86.2 Å². The predicted molar refractivity (Wildman–Crippen MR) is 81.8 cm³/mol. The van der Waals surface area contributed by atoms with Crippen molar-refractivity contribution in [2.24, 2.45) is 0 Å². The summed E-state index contributed by atoms with van der Waals surface area (Å²) < 4.78 is 12.8. The molecule has 5 nitrogen and oxygen atoms in total. The molecule has 104 valence electrons. The van der Waals surface area contributed by atoms with E-state index >= 15 is 0 Å². The number of nitro benzene ring substituents is 1. The highest BCUT2D eigenvalue weighted by Crippen LogP contribution is 2.26. The Morgan fingerprint density at radius 2 is 1.95 bits per heavy atom. The van der Waals surface area contributed by atoms with Crippen LogP contribution in [0.15, 0.2) is 51.8 Å². The number of hydrogen-bond donors (Lipinski definition) is 1. The minimum Gasteiger partial charge on any atom is -0.398 e. The molecule has 0 fully saturated rings. The van der Waals surface area contributed by atoms with Gasteiger partial charge in [0.05, 0.1) is 26.4 Å². The Morgan fingerprint density at radius 3 is 2.55 bits per heavy atom. The highest BCUT2D eigenvalue weighted by Gasteiger charge is 2.13. The molecule has 1 atom stereocenters. The second kappa shape index (κ2) is 6.15. The lowest BCUT2D eigenvalue weighted by Crippen LogP contribution is -2.01. The number of nitrogens with zero attached hydrogens (tertiary/aromatic N) is 1. The van der Waals surface area contributed by atoms with Crippen LogP contribution in [0.3, 0.4) is 0 Å². The molecule has 0 amide bonds. The van der Waals surface area contributed by atoms with Gasteiger partial charge in [-0.15, -0.1) is 0 Å². The van der Waals surface area contributed by atoms with E-state index in [0.29, 0.717) is 15.1 Å². The maximum atomic E-state index is 12.3. The van der Waals surface area contributed by atoms with E-state index in [1.165, 1.54) is 12.1 Å². The molecule has 2 aromatic carbocycles. The van der Waals surface area contributed by atoms with Gasteiger partial charge in [-0.3, -0.25) is 14.3 Å². The smallest absolute Gasteiger partial charge is 0.270 e. The van der Waals surface area contributed by atoms with Crippen molar-refractivity contribution in [1.82, 2.24) is 0 Å². The van der Waals surface area contributed by atoms with Crippen LogP contribution in [-0.2, 0) is 16.6 Å². The number of rotatable bonds is 4. The second-order valence-corrected chi connectivity index (χ2v) is 6.33. The molecule has 0 aliphatic heterocycles. The van der Waals surface area contributed by atoms with E-state index in [9.17, 15) is 14.3 Å². The third-order valence-electron chi connectivity index (χ3n) is 2.70. The standard InChI is InChI=1S/C13H11BrN2O3S/c14-11-7-10(16(17)18)6-5-9(11)8-20(19)13-4-2-1-3-12(13)15/h1-7H,8,15H2. The highest BCUT2D eigenvalue weighted by atomic mass is 79.9. The van der Waals surface area contributed by atoms with Crippen molar-refractivity contribution in [3.05, 3.63) is 62.6 Å². The zero-order valence-electron chi connectivity index (χ0n) is 10.3. The Morgan fingerprint density at radius 1 is 1.25 bits per heavy atom. The molecule has 0 saturated carbocycles. The van der Waals surface area contributed by atoms with Crippen molar-refractivity contribution in [3.8, 4) is 0 Å². The Bertz CT molecular complexity index is 691. The largest absolute Gasteiger partial charge is 0.398 e. The molecule has 1 unspecified atom stereocenters. The number of nitrogens with two attached hydrogens (primary N) is 1. The van der Waals surface area contributed by atoms with Gasteiger partial charge in [-0.25, -0.2) is 0 Å². The number of nitro groups is 1. The highest BCUT2D eigenvalue weighted by molar-refractivity contribution is 9.10. The van der Waals surface area contributed by atoms with Gasteiger partial charge >= 0.3 is 0 Å². The first-order chi connectivity index (χ1) is 9.49. The number of non-ortho nitro benzene ring substituents is 1. The molecule has 2 aromatic rings. The summed E-state index contributed by atoms with van der Waals surface area (Å²) in [6.45, 7) is 0. The van der Waals surface area contributed by atoms with Crippen LogP contribution in [0.2, 0.25) is 0 Å². The van der Waals surface area contributed by atoms with Gasteiger partial charge in [-0.1, -0.05) is 34.1 Å². The van der Waals surface area contributed by atoms with E-state index in [-0.39, 0.29) is 11.4 Å². The summed E-state index contributed by atoms with van der Waals surface area (Å²) in [6, 6.07) is 11.3. The quantitative estimate of drug-likeness (QED) is 0.518. The lowest BCUT2D eigenvalue weighted by atomic mass is 10.2. The molecule has 2 rings (SSSR count). The normalized spacial score (nSPS) is 12.1. The second-order valence-electron chi connectivity index (χ2n) is 4.06. The number of halogens is 1. The van der Waals surface area contributed by atoms with Gasteiger partial charge in [-0.05, 0) is 17.7 Å². The van der Waals surface area contributed by atoms with Gasteiger partial charge in [0, 0.05) is 22.3 Å². The van der Waals surface area contributed by atoms with E-state index < -0.39 is 15.7 Å². The molecule has 2 N–H and O–H groups in total.